The number of likely N-dealkylation sites (N-methyl/N-ethyl adjacent to an activating group) is 1. The number of aryl methyl sites for hydroxylation is 1. The zero-order valence-electron chi connectivity index (χ0n) is 12.7. The molecule has 0 aliphatic carbocycles. The first kappa shape index (κ1) is 14.4. The highest BCUT2D eigenvalue weighted by molar-refractivity contribution is 5.83. The van der Waals surface area contributed by atoms with Crippen LogP contribution in [-0.4, -0.2) is 60.6 Å². The van der Waals surface area contributed by atoms with E-state index >= 15 is 0 Å². The third-order valence-electron chi connectivity index (χ3n) is 4.32. The number of carbonyl (C=O) groups is 1. The van der Waals surface area contributed by atoms with E-state index in [1.54, 1.807) is 0 Å². The van der Waals surface area contributed by atoms with Crippen molar-refractivity contribution in [2.24, 2.45) is 5.73 Å². The second kappa shape index (κ2) is 5.66. The zero-order chi connectivity index (χ0) is 15.0. The lowest BCUT2D eigenvalue weighted by molar-refractivity contribution is -0.144. The number of rotatable bonds is 3. The highest BCUT2D eigenvalue weighted by atomic mass is 16.5. The second-order valence-electron chi connectivity index (χ2n) is 6.25. The van der Waals surface area contributed by atoms with Crippen LogP contribution in [0.2, 0.25) is 0 Å². The molecule has 5 nitrogen and oxygen atoms in total. The van der Waals surface area contributed by atoms with E-state index in [9.17, 15) is 4.79 Å². The fourth-order valence-corrected chi connectivity index (χ4v) is 3.11. The number of ether oxygens (including phenoxy) is 1. The van der Waals surface area contributed by atoms with Gasteiger partial charge in [0.2, 0.25) is 5.91 Å². The van der Waals surface area contributed by atoms with E-state index < -0.39 is 0 Å². The number of benzene rings is 1. The maximum absolute atomic E-state index is 12.4. The minimum absolute atomic E-state index is 0.0556. The van der Waals surface area contributed by atoms with E-state index in [1.807, 2.05) is 43.1 Å². The number of carbonyl (C=O) groups excluding carboxylic acids is 1. The van der Waals surface area contributed by atoms with Gasteiger partial charge in [-0.15, -0.1) is 0 Å². The predicted octanol–water partition coefficient (Wildman–Crippen LogP) is 0.616. The molecule has 114 valence electrons. The topological polar surface area (TPSA) is 58.8 Å². The number of nitrogens with zero attached hydrogens (tertiary/aromatic N) is 2. The van der Waals surface area contributed by atoms with Crippen molar-refractivity contribution in [3.63, 3.8) is 0 Å². The summed E-state index contributed by atoms with van der Waals surface area (Å²) in [4.78, 5) is 16.3. The lowest BCUT2D eigenvalue weighted by atomic mass is 10.1. The Balaban J connectivity index is 1.50. The molecule has 0 saturated carbocycles. The van der Waals surface area contributed by atoms with Gasteiger partial charge in [-0.1, -0.05) is 12.1 Å². The van der Waals surface area contributed by atoms with E-state index in [1.165, 1.54) is 5.56 Å². The molecule has 0 spiro atoms. The smallest absolute Gasteiger partial charge is 0.240 e. The summed E-state index contributed by atoms with van der Waals surface area (Å²) in [6.07, 6.45) is 0.867. The summed E-state index contributed by atoms with van der Waals surface area (Å²) < 4.78 is 5.89. The van der Waals surface area contributed by atoms with Gasteiger partial charge in [0.15, 0.2) is 0 Å². The monoisotopic (exact) mass is 289 g/mol. The van der Waals surface area contributed by atoms with E-state index in [2.05, 4.69) is 4.90 Å². The van der Waals surface area contributed by atoms with Gasteiger partial charge < -0.3 is 15.4 Å². The van der Waals surface area contributed by atoms with Crippen molar-refractivity contribution in [1.82, 2.24) is 9.80 Å². The minimum Gasteiger partial charge on any atom is -0.487 e. The van der Waals surface area contributed by atoms with Crippen molar-refractivity contribution in [3.05, 3.63) is 29.8 Å². The van der Waals surface area contributed by atoms with Crippen LogP contribution < -0.4 is 10.5 Å². The molecular formula is C16H23N3O2. The summed E-state index contributed by atoms with van der Waals surface area (Å²) in [5.41, 5.74) is 7.10. The molecule has 2 atom stereocenters. The van der Waals surface area contributed by atoms with Gasteiger partial charge in [0, 0.05) is 12.6 Å². The highest BCUT2D eigenvalue weighted by Crippen LogP contribution is 2.23. The lowest BCUT2D eigenvalue weighted by Gasteiger charge is -2.41. The number of hydrogen-bond acceptors (Lipinski definition) is 4. The molecule has 0 bridgehead atoms. The maximum Gasteiger partial charge on any atom is 0.240 e. The third-order valence-corrected chi connectivity index (χ3v) is 4.32. The van der Waals surface area contributed by atoms with Crippen LogP contribution in [0.25, 0.3) is 0 Å². The molecule has 1 aromatic carbocycles. The van der Waals surface area contributed by atoms with Crippen LogP contribution in [0.15, 0.2) is 24.3 Å². The Morgan fingerprint density at radius 1 is 1.33 bits per heavy atom. The number of likely N-dealkylation sites (tertiary alicyclic amines) is 2. The molecule has 2 aliphatic heterocycles. The lowest BCUT2D eigenvalue weighted by Crippen LogP contribution is -2.59. The summed E-state index contributed by atoms with van der Waals surface area (Å²) in [7, 11) is 1.97. The Bertz CT molecular complexity index is 528. The summed E-state index contributed by atoms with van der Waals surface area (Å²) in [5.74, 6) is 1.07. The highest BCUT2D eigenvalue weighted by Gasteiger charge is 2.40. The van der Waals surface area contributed by atoms with Crippen LogP contribution >= 0.6 is 0 Å². The van der Waals surface area contributed by atoms with Crippen LogP contribution in [0.4, 0.5) is 0 Å². The van der Waals surface area contributed by atoms with Crippen LogP contribution in [-0.2, 0) is 4.79 Å². The molecule has 3 rings (SSSR count). The first-order chi connectivity index (χ1) is 10.0. The Morgan fingerprint density at radius 2 is 2.10 bits per heavy atom. The standard InChI is InChI=1S/C16H23N3O2/c1-11-4-3-5-13(6-11)21-14-9-19(10-14)16(20)15-7-12(17)8-18(15)2/h3-6,12,14-15H,7-10,17H2,1-2H3/t12-,15-/m0/s1. The molecule has 0 aromatic heterocycles. The number of nitrogens with two attached hydrogens (primary N) is 1. The van der Waals surface area contributed by atoms with Gasteiger partial charge in [-0.05, 0) is 38.1 Å². The summed E-state index contributed by atoms with van der Waals surface area (Å²) in [6.45, 7) is 4.19. The molecule has 1 aromatic rings. The fraction of sp³-hybridized carbons (Fsp3) is 0.562. The van der Waals surface area contributed by atoms with Gasteiger partial charge in [-0.25, -0.2) is 0 Å². The minimum atomic E-state index is -0.0556. The third kappa shape index (κ3) is 3.04. The van der Waals surface area contributed by atoms with Crippen LogP contribution in [0.3, 0.4) is 0 Å². The van der Waals surface area contributed by atoms with Crippen LogP contribution in [0.1, 0.15) is 12.0 Å². The molecule has 5 heteroatoms. The fourth-order valence-electron chi connectivity index (χ4n) is 3.11. The molecule has 2 aliphatic rings. The molecule has 0 unspecified atom stereocenters. The SMILES string of the molecule is Cc1cccc(OC2CN(C(=O)[C@@H]3C[C@H](N)CN3C)C2)c1. The van der Waals surface area contributed by atoms with Gasteiger partial charge in [-0.3, -0.25) is 9.69 Å². The largest absolute Gasteiger partial charge is 0.487 e. The Morgan fingerprint density at radius 3 is 2.71 bits per heavy atom. The molecule has 2 N–H and O–H groups in total. The average Bonchev–Trinajstić information content (AvgIpc) is 2.72. The molecule has 2 saturated heterocycles. The van der Waals surface area contributed by atoms with Gasteiger partial charge in [0.1, 0.15) is 11.9 Å². The van der Waals surface area contributed by atoms with Gasteiger partial charge in [0.25, 0.3) is 0 Å². The summed E-state index contributed by atoms with van der Waals surface area (Å²) >= 11 is 0. The predicted molar refractivity (Wildman–Crippen MR) is 81.2 cm³/mol. The van der Waals surface area contributed by atoms with Gasteiger partial charge in [-0.2, -0.15) is 0 Å². The van der Waals surface area contributed by atoms with Crippen molar-refractivity contribution in [3.8, 4) is 5.75 Å². The average molecular weight is 289 g/mol. The zero-order valence-corrected chi connectivity index (χ0v) is 12.7. The van der Waals surface area contributed by atoms with E-state index in [0.29, 0.717) is 13.1 Å². The Kier molecular flexibility index (Phi) is 3.87. The quantitative estimate of drug-likeness (QED) is 0.886. The molecule has 1 amide bonds. The summed E-state index contributed by atoms with van der Waals surface area (Å²) in [6, 6.07) is 8.07. The van der Waals surface area contributed by atoms with Crippen molar-refractivity contribution in [2.45, 2.75) is 31.5 Å². The van der Waals surface area contributed by atoms with E-state index in [-0.39, 0.29) is 24.1 Å². The van der Waals surface area contributed by atoms with Crippen molar-refractivity contribution < 1.29 is 9.53 Å². The Labute approximate surface area is 125 Å². The van der Waals surface area contributed by atoms with E-state index in [0.717, 1.165) is 18.7 Å². The molecule has 21 heavy (non-hydrogen) atoms. The van der Waals surface area contributed by atoms with Crippen molar-refractivity contribution in [2.75, 3.05) is 26.7 Å². The van der Waals surface area contributed by atoms with Crippen molar-refractivity contribution in [1.29, 1.82) is 0 Å². The first-order valence-electron chi connectivity index (χ1n) is 7.51. The maximum atomic E-state index is 12.4. The molecule has 0 radical (unpaired) electrons. The van der Waals surface area contributed by atoms with Gasteiger partial charge in [0.05, 0.1) is 19.1 Å². The van der Waals surface area contributed by atoms with Crippen molar-refractivity contribution >= 4 is 5.91 Å². The Hall–Kier alpha value is -1.59. The summed E-state index contributed by atoms with van der Waals surface area (Å²) in [5, 5.41) is 0. The molecule has 2 fully saturated rings. The van der Waals surface area contributed by atoms with Crippen LogP contribution in [0.5, 0.6) is 5.75 Å². The van der Waals surface area contributed by atoms with E-state index in [4.69, 9.17) is 10.5 Å². The molecular weight excluding hydrogens is 266 g/mol. The molecule has 2 heterocycles. The number of amides is 1. The normalized spacial score (nSPS) is 26.7. The number of hydrogen-bond donors (Lipinski definition) is 1. The van der Waals surface area contributed by atoms with Crippen LogP contribution in [0, 0.1) is 6.92 Å². The second-order valence-corrected chi connectivity index (χ2v) is 6.25. The first-order valence-corrected chi connectivity index (χ1v) is 7.51. The van der Waals surface area contributed by atoms with Gasteiger partial charge >= 0.3 is 0 Å².